The normalized spacial score (nSPS) is 28.8. The standard InChI is InChI=1S/C14H15NO3/c16-14(12-6-10-5-11(10)7-12)8-9-3-1-2-4-13(9)15(17)18/h1-4,10-12H,5-8H2. The van der Waals surface area contributed by atoms with E-state index >= 15 is 0 Å². The molecule has 0 saturated heterocycles. The fraction of sp³-hybridized carbons (Fsp3) is 0.500. The van der Waals surface area contributed by atoms with Crippen molar-refractivity contribution in [3.8, 4) is 0 Å². The molecule has 2 unspecified atom stereocenters. The minimum absolute atomic E-state index is 0.0639. The molecule has 0 N–H and O–H groups in total. The highest BCUT2D eigenvalue weighted by molar-refractivity contribution is 5.84. The molecule has 1 aromatic rings. The number of fused-ring (bicyclic) bond motifs is 1. The molecule has 0 amide bonds. The highest BCUT2D eigenvalue weighted by atomic mass is 16.6. The van der Waals surface area contributed by atoms with Gasteiger partial charge >= 0.3 is 0 Å². The zero-order valence-electron chi connectivity index (χ0n) is 10.0. The summed E-state index contributed by atoms with van der Waals surface area (Å²) in [4.78, 5) is 22.6. The predicted octanol–water partition coefficient (Wildman–Crippen LogP) is 2.75. The summed E-state index contributed by atoms with van der Waals surface area (Å²) in [5.74, 6) is 1.86. The molecule has 0 aromatic heterocycles. The maximum Gasteiger partial charge on any atom is 0.273 e. The fourth-order valence-electron chi connectivity index (χ4n) is 3.15. The highest BCUT2D eigenvalue weighted by Crippen LogP contribution is 2.54. The van der Waals surface area contributed by atoms with Crippen LogP contribution >= 0.6 is 0 Å². The van der Waals surface area contributed by atoms with Gasteiger partial charge in [-0.25, -0.2) is 0 Å². The van der Waals surface area contributed by atoms with E-state index in [1.165, 1.54) is 12.5 Å². The molecule has 0 radical (unpaired) electrons. The smallest absolute Gasteiger partial charge is 0.273 e. The Hall–Kier alpha value is -1.71. The van der Waals surface area contributed by atoms with E-state index in [0.717, 1.165) is 24.7 Å². The van der Waals surface area contributed by atoms with Crippen molar-refractivity contribution in [2.24, 2.45) is 17.8 Å². The molecular weight excluding hydrogens is 230 g/mol. The van der Waals surface area contributed by atoms with Gasteiger partial charge in [0.05, 0.1) is 4.92 Å². The van der Waals surface area contributed by atoms with E-state index in [0.29, 0.717) is 5.56 Å². The molecule has 4 nitrogen and oxygen atoms in total. The molecule has 2 atom stereocenters. The second-order valence-corrected chi connectivity index (χ2v) is 5.45. The van der Waals surface area contributed by atoms with Gasteiger partial charge in [0.15, 0.2) is 0 Å². The van der Waals surface area contributed by atoms with E-state index in [-0.39, 0.29) is 23.8 Å². The maximum atomic E-state index is 12.1. The topological polar surface area (TPSA) is 60.2 Å². The third kappa shape index (κ3) is 2.03. The van der Waals surface area contributed by atoms with Crippen molar-refractivity contribution in [1.29, 1.82) is 0 Å². The zero-order valence-corrected chi connectivity index (χ0v) is 10.0. The SMILES string of the molecule is O=C(Cc1ccccc1[N+](=O)[O-])C1CC2CC2C1. The molecular formula is C14H15NO3. The zero-order chi connectivity index (χ0) is 12.7. The number of nitro groups is 1. The molecule has 2 fully saturated rings. The van der Waals surface area contributed by atoms with Crippen LogP contribution in [0.1, 0.15) is 24.8 Å². The minimum Gasteiger partial charge on any atom is -0.299 e. The molecule has 3 rings (SSSR count). The minimum atomic E-state index is -0.408. The van der Waals surface area contributed by atoms with Crippen LogP contribution in [0.15, 0.2) is 24.3 Å². The Bertz CT molecular complexity index is 502. The number of hydrogen-bond donors (Lipinski definition) is 0. The first kappa shape index (κ1) is 11.4. The summed E-state index contributed by atoms with van der Waals surface area (Å²) in [7, 11) is 0. The summed E-state index contributed by atoms with van der Waals surface area (Å²) in [6.07, 6.45) is 3.50. The monoisotopic (exact) mass is 245 g/mol. The number of nitrogens with zero attached hydrogens (tertiary/aromatic N) is 1. The number of nitro benzene ring substituents is 1. The number of carbonyl (C=O) groups excluding carboxylic acids is 1. The second-order valence-electron chi connectivity index (χ2n) is 5.45. The van der Waals surface area contributed by atoms with Gasteiger partial charge < -0.3 is 0 Å². The van der Waals surface area contributed by atoms with Gasteiger partial charge in [-0.3, -0.25) is 14.9 Å². The van der Waals surface area contributed by atoms with Crippen LogP contribution in [-0.4, -0.2) is 10.7 Å². The van der Waals surface area contributed by atoms with Gasteiger partial charge in [-0.15, -0.1) is 0 Å². The van der Waals surface area contributed by atoms with Crippen LogP contribution in [0.4, 0.5) is 5.69 Å². The van der Waals surface area contributed by atoms with Crippen molar-refractivity contribution in [2.45, 2.75) is 25.7 Å². The number of carbonyl (C=O) groups is 1. The van der Waals surface area contributed by atoms with Crippen molar-refractivity contribution in [3.05, 3.63) is 39.9 Å². The first-order valence-corrected chi connectivity index (χ1v) is 6.40. The van der Waals surface area contributed by atoms with Crippen LogP contribution in [-0.2, 0) is 11.2 Å². The lowest BCUT2D eigenvalue weighted by atomic mass is 9.93. The quantitative estimate of drug-likeness (QED) is 0.605. The summed E-state index contributed by atoms with van der Waals surface area (Å²) in [6.45, 7) is 0. The Morgan fingerprint density at radius 3 is 2.56 bits per heavy atom. The highest BCUT2D eigenvalue weighted by Gasteiger charge is 2.47. The van der Waals surface area contributed by atoms with Gasteiger partial charge in [0.1, 0.15) is 5.78 Å². The van der Waals surface area contributed by atoms with Crippen LogP contribution in [0.3, 0.4) is 0 Å². The van der Waals surface area contributed by atoms with Gasteiger partial charge in [0.2, 0.25) is 0 Å². The molecule has 94 valence electrons. The summed E-state index contributed by atoms with van der Waals surface area (Å²) in [5.41, 5.74) is 0.613. The third-order valence-corrected chi connectivity index (χ3v) is 4.25. The van der Waals surface area contributed by atoms with Crippen LogP contribution in [0.5, 0.6) is 0 Å². The Morgan fingerprint density at radius 1 is 1.22 bits per heavy atom. The summed E-state index contributed by atoms with van der Waals surface area (Å²) >= 11 is 0. The number of benzene rings is 1. The van der Waals surface area contributed by atoms with Crippen LogP contribution in [0, 0.1) is 27.9 Å². The summed E-state index contributed by atoms with van der Waals surface area (Å²) in [5, 5.41) is 10.9. The van der Waals surface area contributed by atoms with Crippen molar-refractivity contribution in [2.75, 3.05) is 0 Å². The first-order valence-electron chi connectivity index (χ1n) is 6.40. The Morgan fingerprint density at radius 2 is 1.89 bits per heavy atom. The Kier molecular flexibility index (Phi) is 2.65. The average Bonchev–Trinajstić information content (AvgIpc) is 2.96. The van der Waals surface area contributed by atoms with Crippen molar-refractivity contribution in [3.63, 3.8) is 0 Å². The van der Waals surface area contributed by atoms with E-state index in [9.17, 15) is 14.9 Å². The molecule has 0 bridgehead atoms. The maximum absolute atomic E-state index is 12.1. The second kappa shape index (κ2) is 4.19. The molecule has 18 heavy (non-hydrogen) atoms. The van der Waals surface area contributed by atoms with Gasteiger partial charge in [-0.05, 0) is 31.1 Å². The molecule has 0 spiro atoms. The lowest BCUT2D eigenvalue weighted by Gasteiger charge is -2.10. The molecule has 4 heteroatoms. The molecule has 1 aromatic carbocycles. The number of hydrogen-bond acceptors (Lipinski definition) is 3. The molecule has 2 saturated carbocycles. The molecule has 2 aliphatic rings. The van der Waals surface area contributed by atoms with E-state index in [4.69, 9.17) is 0 Å². The third-order valence-electron chi connectivity index (χ3n) is 4.25. The number of rotatable bonds is 4. The van der Waals surface area contributed by atoms with Crippen LogP contribution < -0.4 is 0 Å². The number of ketones is 1. The summed E-state index contributed by atoms with van der Waals surface area (Å²) in [6, 6.07) is 6.54. The number of para-hydroxylation sites is 1. The average molecular weight is 245 g/mol. The van der Waals surface area contributed by atoms with E-state index < -0.39 is 4.92 Å². The lowest BCUT2D eigenvalue weighted by molar-refractivity contribution is -0.385. The van der Waals surface area contributed by atoms with Crippen molar-refractivity contribution >= 4 is 11.5 Å². The molecule has 2 aliphatic carbocycles. The Labute approximate surface area is 105 Å². The Balaban J connectivity index is 1.72. The van der Waals surface area contributed by atoms with Crippen molar-refractivity contribution < 1.29 is 9.72 Å². The number of Topliss-reactive ketones (excluding diaryl/α,β-unsaturated/α-hetero) is 1. The van der Waals surface area contributed by atoms with Crippen LogP contribution in [0.25, 0.3) is 0 Å². The van der Waals surface area contributed by atoms with E-state index in [1.54, 1.807) is 18.2 Å². The molecule has 0 aliphatic heterocycles. The first-order chi connectivity index (χ1) is 8.65. The van der Waals surface area contributed by atoms with Gasteiger partial charge in [-0.2, -0.15) is 0 Å². The summed E-state index contributed by atoms with van der Waals surface area (Å²) < 4.78 is 0. The lowest BCUT2D eigenvalue weighted by Crippen LogP contribution is -2.16. The fourth-order valence-corrected chi connectivity index (χ4v) is 3.15. The van der Waals surface area contributed by atoms with E-state index in [1.807, 2.05) is 0 Å². The van der Waals surface area contributed by atoms with Crippen LogP contribution in [0.2, 0.25) is 0 Å². The van der Waals surface area contributed by atoms with Gasteiger partial charge in [-0.1, -0.05) is 18.2 Å². The van der Waals surface area contributed by atoms with E-state index in [2.05, 4.69) is 0 Å². The largest absolute Gasteiger partial charge is 0.299 e. The predicted molar refractivity (Wildman–Crippen MR) is 66.1 cm³/mol. The van der Waals surface area contributed by atoms with Gasteiger partial charge in [0, 0.05) is 24.0 Å². The van der Waals surface area contributed by atoms with Crippen molar-refractivity contribution in [1.82, 2.24) is 0 Å². The molecule has 0 heterocycles. The van der Waals surface area contributed by atoms with Gasteiger partial charge in [0.25, 0.3) is 5.69 Å².